The van der Waals surface area contributed by atoms with Gasteiger partial charge in [-0.05, 0) is 0 Å². The van der Waals surface area contributed by atoms with Crippen LogP contribution in [0.15, 0.2) is 52.2 Å². The Labute approximate surface area is 168 Å². The monoisotopic (exact) mass is 392 g/mol. The van der Waals surface area contributed by atoms with Gasteiger partial charge in [0, 0.05) is 19.3 Å². The molecule has 9 nitrogen and oxygen atoms in total. The van der Waals surface area contributed by atoms with E-state index in [0.29, 0.717) is 0 Å². The third-order valence-electron chi connectivity index (χ3n) is 4.03. The molecule has 3 heterocycles. The summed E-state index contributed by atoms with van der Waals surface area (Å²) in [6.45, 7) is 6.36. The van der Waals surface area contributed by atoms with Crippen LogP contribution in [0.4, 0.5) is 0 Å². The van der Waals surface area contributed by atoms with Crippen LogP contribution < -0.4 is 29.8 Å². The van der Waals surface area contributed by atoms with Crippen LogP contribution in [0.2, 0.25) is 0 Å². The molecule has 0 saturated carbocycles. The van der Waals surface area contributed by atoms with Crippen molar-refractivity contribution in [2.75, 3.05) is 21.1 Å². The first-order valence-electron chi connectivity index (χ1n) is 9.45. The molecular formula is C18H33BN6O3. The van der Waals surface area contributed by atoms with Gasteiger partial charge in [-0.2, -0.15) is 0 Å². The summed E-state index contributed by atoms with van der Waals surface area (Å²) in [4.78, 5) is 16.3. The molecule has 0 aromatic carbocycles. The first-order valence-corrected chi connectivity index (χ1v) is 9.45. The summed E-state index contributed by atoms with van der Waals surface area (Å²) < 4.78 is 0. The molecule has 0 aliphatic carbocycles. The maximum atomic E-state index is 8.42. The van der Waals surface area contributed by atoms with Crippen LogP contribution in [0, 0.1) is 0 Å². The molecule has 0 fully saturated rings. The van der Waals surface area contributed by atoms with Gasteiger partial charge in [0.25, 0.3) is 0 Å². The van der Waals surface area contributed by atoms with Crippen molar-refractivity contribution >= 4 is 24.8 Å². The molecule has 0 aromatic heterocycles. The topological polar surface area (TPSA) is 120 Å². The Kier molecular flexibility index (Phi) is 14.0. The summed E-state index contributed by atoms with van der Waals surface area (Å²) in [5.41, 5.74) is 0. The van der Waals surface area contributed by atoms with Crippen LogP contribution in [0.5, 0.6) is 0 Å². The number of rotatable bonds is 3. The minimum atomic E-state index is -2.92. The summed E-state index contributed by atoms with van der Waals surface area (Å²) in [6.07, 6.45) is 14.9. The summed E-state index contributed by atoms with van der Waals surface area (Å²) in [7, 11) is 3.35. The lowest BCUT2D eigenvalue weighted by Crippen LogP contribution is -3.06. The molecule has 0 saturated heterocycles. The van der Waals surface area contributed by atoms with Gasteiger partial charge < -0.3 is 15.1 Å². The van der Waals surface area contributed by atoms with E-state index in [-0.39, 0.29) is 0 Å². The average Bonchev–Trinajstić information content (AvgIpc) is 3.36. The molecule has 0 aromatic rings. The number of hydrogen-bond donors (Lipinski definition) is 3. The first kappa shape index (κ1) is 26.1. The Morgan fingerprint density at radius 3 is 0.929 bits per heavy atom. The lowest BCUT2D eigenvalue weighted by Gasteiger charge is -2.35. The van der Waals surface area contributed by atoms with E-state index in [0.717, 1.165) is 19.3 Å². The van der Waals surface area contributed by atoms with Crippen molar-refractivity contribution in [1.29, 1.82) is 0 Å². The van der Waals surface area contributed by atoms with Crippen molar-refractivity contribution in [2.24, 2.45) is 15.0 Å². The van der Waals surface area contributed by atoms with Gasteiger partial charge in [-0.15, -0.1) is 0 Å². The molecule has 0 bridgehead atoms. The fourth-order valence-corrected chi connectivity index (χ4v) is 2.42. The molecule has 3 rings (SSSR count). The van der Waals surface area contributed by atoms with Crippen LogP contribution in [-0.2, 0) is 0 Å². The van der Waals surface area contributed by atoms with Gasteiger partial charge in [-0.1, -0.05) is 20.8 Å². The van der Waals surface area contributed by atoms with Crippen LogP contribution in [0.1, 0.15) is 40.0 Å². The van der Waals surface area contributed by atoms with Gasteiger partial charge in [0.1, 0.15) is 18.6 Å². The maximum Gasteiger partial charge on any atom is 0.205 e. The Hall–Kier alpha value is -1.95. The Morgan fingerprint density at radius 1 is 0.643 bits per heavy atom. The third-order valence-corrected chi connectivity index (χ3v) is 4.03. The minimum Gasteiger partial charge on any atom is -0.907 e. The first-order chi connectivity index (χ1) is 13.3. The molecule has 3 aliphatic rings. The zero-order valence-electron chi connectivity index (χ0n) is 17.7. The predicted octanol–water partition coefficient (Wildman–Crippen LogP) is -4.56. The fraction of sp³-hybridized carbons (Fsp3) is 0.500. The molecule has 0 amide bonds. The SMILES string of the molecule is CCC1=NC=C[NH+]1C.CCC1=NC=C[NH+]1C.CCC1=NC=C[NH+]1C.[O-]B([O-])[O-]. The highest BCUT2D eigenvalue weighted by atomic mass is 16.5. The molecule has 0 spiro atoms. The van der Waals surface area contributed by atoms with Crippen LogP contribution in [-0.4, -0.2) is 46.0 Å². The van der Waals surface area contributed by atoms with Crippen LogP contribution >= 0.6 is 0 Å². The zero-order valence-corrected chi connectivity index (χ0v) is 17.7. The van der Waals surface area contributed by atoms with E-state index in [2.05, 4.69) is 56.9 Å². The van der Waals surface area contributed by atoms with E-state index >= 15 is 0 Å². The largest absolute Gasteiger partial charge is 0.907 e. The number of quaternary nitrogens is 3. The molecule has 3 aliphatic heterocycles. The van der Waals surface area contributed by atoms with E-state index < -0.39 is 7.32 Å². The Balaban J connectivity index is 0.000000358. The maximum absolute atomic E-state index is 8.42. The van der Waals surface area contributed by atoms with Crippen molar-refractivity contribution < 1.29 is 29.8 Å². The highest BCUT2D eigenvalue weighted by Crippen LogP contribution is 1.84. The van der Waals surface area contributed by atoms with E-state index in [1.54, 1.807) is 0 Å². The highest BCUT2D eigenvalue weighted by molar-refractivity contribution is 6.24. The second-order valence-corrected chi connectivity index (χ2v) is 6.07. The Morgan fingerprint density at radius 2 is 0.857 bits per heavy atom. The van der Waals surface area contributed by atoms with Gasteiger partial charge in [-0.25, -0.2) is 15.0 Å². The molecule has 10 heteroatoms. The normalized spacial score (nSPS) is 23.5. The Bertz CT molecular complexity index is 545. The zero-order chi connectivity index (χ0) is 21.5. The predicted molar refractivity (Wildman–Crippen MR) is 107 cm³/mol. The second-order valence-electron chi connectivity index (χ2n) is 6.07. The number of nitrogens with one attached hydrogen (secondary N) is 3. The minimum absolute atomic E-state index is 1.05. The third kappa shape index (κ3) is 11.0. The van der Waals surface area contributed by atoms with Gasteiger partial charge >= 0.3 is 0 Å². The molecule has 3 N–H and O–H groups in total. The molecule has 28 heavy (non-hydrogen) atoms. The molecule has 3 atom stereocenters. The van der Waals surface area contributed by atoms with Crippen LogP contribution in [0.25, 0.3) is 0 Å². The molecule has 0 radical (unpaired) electrons. The number of aliphatic imine (C=N–C) groups is 3. The summed E-state index contributed by atoms with van der Waals surface area (Å²) in [5.74, 6) is 3.68. The second kappa shape index (κ2) is 15.0. The van der Waals surface area contributed by atoms with E-state index in [1.807, 2.05) is 37.2 Å². The molecule has 156 valence electrons. The number of hydrogen-bond acceptors (Lipinski definition) is 6. The van der Waals surface area contributed by atoms with Crippen LogP contribution in [0.3, 0.4) is 0 Å². The summed E-state index contributed by atoms with van der Waals surface area (Å²) in [5, 5.41) is 25.2. The smallest absolute Gasteiger partial charge is 0.205 e. The number of nitrogens with zero attached hydrogens (tertiary/aromatic N) is 3. The van der Waals surface area contributed by atoms with Crippen molar-refractivity contribution in [3.05, 3.63) is 37.2 Å². The average molecular weight is 392 g/mol. The van der Waals surface area contributed by atoms with E-state index in [4.69, 9.17) is 15.1 Å². The molecule has 3 unspecified atom stereocenters. The van der Waals surface area contributed by atoms with Crippen molar-refractivity contribution in [2.45, 2.75) is 40.0 Å². The fourth-order valence-electron chi connectivity index (χ4n) is 2.42. The lowest BCUT2D eigenvalue weighted by molar-refractivity contribution is -0.719. The quantitative estimate of drug-likeness (QED) is 0.420. The van der Waals surface area contributed by atoms with E-state index in [1.165, 1.54) is 32.2 Å². The number of amidine groups is 3. The highest BCUT2D eigenvalue weighted by Gasteiger charge is 2.10. The lowest BCUT2D eigenvalue weighted by atomic mass is 10.3. The summed E-state index contributed by atoms with van der Waals surface area (Å²) in [6, 6.07) is 0. The van der Waals surface area contributed by atoms with Crippen molar-refractivity contribution in [1.82, 2.24) is 0 Å². The standard InChI is InChI=1S/3C6H10N2.BO3/c3*1-3-6-7-4-5-8(6)2;2-1(3)4/h3*4-5H,3H2,1-2H3;/q;;;-3/p+3. The van der Waals surface area contributed by atoms with Crippen molar-refractivity contribution in [3.8, 4) is 0 Å². The van der Waals surface area contributed by atoms with Gasteiger partial charge in [-0.3, -0.25) is 22.0 Å². The van der Waals surface area contributed by atoms with Gasteiger partial charge in [0.05, 0.1) is 39.7 Å². The van der Waals surface area contributed by atoms with Crippen molar-refractivity contribution in [3.63, 3.8) is 0 Å². The van der Waals surface area contributed by atoms with Gasteiger partial charge in [0.2, 0.25) is 17.5 Å². The van der Waals surface area contributed by atoms with Gasteiger partial charge in [0.15, 0.2) is 0 Å². The molecular weight excluding hydrogens is 359 g/mol. The van der Waals surface area contributed by atoms with E-state index in [9.17, 15) is 0 Å². The summed E-state index contributed by atoms with van der Waals surface area (Å²) >= 11 is 0.